The Kier molecular flexibility index (Phi) is 8.68. The van der Waals surface area contributed by atoms with Crippen LogP contribution in [0.5, 0.6) is 11.5 Å². The van der Waals surface area contributed by atoms with E-state index in [1.54, 1.807) is 6.07 Å². The fourth-order valence-corrected chi connectivity index (χ4v) is 3.32. The molecule has 2 aromatic carbocycles. The number of hydrazine groups is 2. The fourth-order valence-electron chi connectivity index (χ4n) is 3.19. The van der Waals surface area contributed by atoms with Crippen molar-refractivity contribution in [3.63, 3.8) is 0 Å². The number of amides is 4. The van der Waals surface area contributed by atoms with Gasteiger partial charge in [0.2, 0.25) is 5.91 Å². The summed E-state index contributed by atoms with van der Waals surface area (Å²) in [6.45, 7) is -0.820. The Balaban J connectivity index is 1.46. The number of nitrogens with one attached hydrogen (secondary N) is 3. The number of hydrogen-bond acceptors (Lipinski definition) is 8. The van der Waals surface area contributed by atoms with Gasteiger partial charge in [-0.05, 0) is 36.4 Å². The molecular weight excluding hydrogens is 496 g/mol. The highest BCUT2D eigenvalue weighted by atomic mass is 35.5. The van der Waals surface area contributed by atoms with Gasteiger partial charge in [-0.3, -0.25) is 45.3 Å². The summed E-state index contributed by atoms with van der Waals surface area (Å²) < 4.78 is 15.2. The SMILES string of the molecule is COc1cc(OC)cc(C(=O)NN2C[C@H](C(=O)OCC(=O)NNC(=O)c3ccc(Cl)cc3)CC2=O)c1. The summed E-state index contributed by atoms with van der Waals surface area (Å²) >= 11 is 5.76. The summed E-state index contributed by atoms with van der Waals surface area (Å²) in [6.07, 6.45) is -0.213. The molecule has 1 fully saturated rings. The standard InChI is InChI=1S/C23H23ClN4O8/c1-34-17-7-14(8-18(10-17)35-2)22(32)27-28-11-15(9-20(28)30)23(33)36-12-19(29)25-26-21(31)13-3-5-16(24)6-4-13/h3-8,10,15H,9,11-12H2,1-2H3,(H,25,29)(H,26,31)(H,27,32)/t15-/m1/s1. The van der Waals surface area contributed by atoms with Gasteiger partial charge in [-0.1, -0.05) is 11.6 Å². The quantitative estimate of drug-likeness (QED) is 0.343. The molecule has 1 atom stereocenters. The maximum atomic E-state index is 12.6. The lowest BCUT2D eigenvalue weighted by molar-refractivity contribution is -0.152. The average molecular weight is 519 g/mol. The van der Waals surface area contributed by atoms with E-state index in [9.17, 15) is 24.0 Å². The van der Waals surface area contributed by atoms with E-state index < -0.39 is 42.1 Å². The van der Waals surface area contributed by atoms with E-state index in [0.717, 1.165) is 5.01 Å². The van der Waals surface area contributed by atoms with Crippen molar-refractivity contribution in [2.45, 2.75) is 6.42 Å². The van der Waals surface area contributed by atoms with E-state index in [4.69, 9.17) is 25.8 Å². The third kappa shape index (κ3) is 6.85. The second-order valence-corrected chi connectivity index (χ2v) is 8.00. The Morgan fingerprint density at radius 1 is 0.944 bits per heavy atom. The molecule has 0 aromatic heterocycles. The molecule has 0 saturated carbocycles. The van der Waals surface area contributed by atoms with Crippen molar-refractivity contribution >= 4 is 41.2 Å². The minimum atomic E-state index is -0.894. The molecule has 3 rings (SSSR count). The molecule has 36 heavy (non-hydrogen) atoms. The summed E-state index contributed by atoms with van der Waals surface area (Å²) in [7, 11) is 2.87. The first kappa shape index (κ1) is 26.3. The van der Waals surface area contributed by atoms with E-state index >= 15 is 0 Å². The summed E-state index contributed by atoms with van der Waals surface area (Å²) in [5.74, 6) is -3.41. The molecule has 1 heterocycles. The molecule has 190 valence electrons. The number of carbonyl (C=O) groups is 5. The number of carbonyl (C=O) groups excluding carboxylic acids is 5. The normalized spacial score (nSPS) is 14.6. The van der Waals surface area contributed by atoms with Crippen LogP contribution in [0.4, 0.5) is 0 Å². The lowest BCUT2D eigenvalue weighted by Crippen LogP contribution is -2.44. The van der Waals surface area contributed by atoms with Gasteiger partial charge in [0, 0.05) is 28.6 Å². The highest BCUT2D eigenvalue weighted by Crippen LogP contribution is 2.23. The first-order valence-electron chi connectivity index (χ1n) is 10.6. The maximum absolute atomic E-state index is 12.6. The number of ether oxygens (including phenoxy) is 3. The lowest BCUT2D eigenvalue weighted by atomic mass is 10.1. The largest absolute Gasteiger partial charge is 0.497 e. The van der Waals surface area contributed by atoms with Crippen LogP contribution in [0.25, 0.3) is 0 Å². The fraction of sp³-hybridized carbons (Fsp3) is 0.261. The monoisotopic (exact) mass is 518 g/mol. The molecule has 0 spiro atoms. The summed E-state index contributed by atoms with van der Waals surface area (Å²) in [6, 6.07) is 10.5. The van der Waals surface area contributed by atoms with Gasteiger partial charge in [-0.25, -0.2) is 0 Å². The van der Waals surface area contributed by atoms with Gasteiger partial charge in [-0.15, -0.1) is 0 Å². The van der Waals surface area contributed by atoms with Crippen LogP contribution in [0.2, 0.25) is 5.02 Å². The van der Waals surface area contributed by atoms with Crippen molar-refractivity contribution in [3.05, 3.63) is 58.6 Å². The van der Waals surface area contributed by atoms with Crippen molar-refractivity contribution in [1.82, 2.24) is 21.3 Å². The minimum Gasteiger partial charge on any atom is -0.497 e. The Bertz CT molecular complexity index is 1150. The first-order chi connectivity index (χ1) is 17.2. The Labute approximate surface area is 210 Å². The van der Waals surface area contributed by atoms with Crippen LogP contribution in [-0.2, 0) is 19.1 Å². The third-order valence-corrected chi connectivity index (χ3v) is 5.33. The van der Waals surface area contributed by atoms with Gasteiger partial charge in [0.1, 0.15) is 11.5 Å². The van der Waals surface area contributed by atoms with Gasteiger partial charge in [-0.2, -0.15) is 0 Å². The van der Waals surface area contributed by atoms with Crippen LogP contribution in [0.15, 0.2) is 42.5 Å². The molecule has 1 saturated heterocycles. The number of halogens is 1. The van der Waals surface area contributed by atoms with Crippen molar-refractivity contribution in [2.75, 3.05) is 27.4 Å². The molecule has 0 bridgehead atoms. The predicted octanol–water partition coefficient (Wildman–Crippen LogP) is 0.855. The minimum absolute atomic E-state index is 0.139. The van der Waals surface area contributed by atoms with E-state index in [1.165, 1.54) is 50.6 Å². The first-order valence-corrected chi connectivity index (χ1v) is 10.9. The predicted molar refractivity (Wildman–Crippen MR) is 125 cm³/mol. The number of hydrogen-bond donors (Lipinski definition) is 3. The third-order valence-electron chi connectivity index (χ3n) is 5.08. The van der Waals surface area contributed by atoms with Crippen molar-refractivity contribution in [3.8, 4) is 11.5 Å². The van der Waals surface area contributed by atoms with Crippen LogP contribution in [0.1, 0.15) is 27.1 Å². The number of nitrogens with zero attached hydrogens (tertiary/aromatic N) is 1. The molecule has 3 N–H and O–H groups in total. The van der Waals surface area contributed by atoms with E-state index in [0.29, 0.717) is 16.5 Å². The zero-order valence-electron chi connectivity index (χ0n) is 19.3. The molecule has 4 amide bonds. The summed E-state index contributed by atoms with van der Waals surface area (Å²) in [4.78, 5) is 61.1. The van der Waals surface area contributed by atoms with Crippen LogP contribution >= 0.6 is 11.6 Å². The van der Waals surface area contributed by atoms with E-state index in [2.05, 4.69) is 16.3 Å². The number of rotatable bonds is 8. The maximum Gasteiger partial charge on any atom is 0.311 e. The number of methoxy groups -OCH3 is 2. The van der Waals surface area contributed by atoms with Crippen LogP contribution in [-0.4, -0.2) is 62.0 Å². The molecule has 0 aliphatic carbocycles. The van der Waals surface area contributed by atoms with Gasteiger partial charge in [0.15, 0.2) is 6.61 Å². The second-order valence-electron chi connectivity index (χ2n) is 7.56. The molecule has 1 aliphatic heterocycles. The van der Waals surface area contributed by atoms with Crippen LogP contribution < -0.4 is 25.8 Å². The van der Waals surface area contributed by atoms with Gasteiger partial charge in [0.25, 0.3) is 17.7 Å². The van der Waals surface area contributed by atoms with Gasteiger partial charge < -0.3 is 14.2 Å². The molecule has 13 heteroatoms. The van der Waals surface area contributed by atoms with Crippen molar-refractivity contribution in [2.24, 2.45) is 5.92 Å². The molecule has 1 aliphatic rings. The van der Waals surface area contributed by atoms with E-state index in [1.807, 2.05) is 0 Å². The Hall–Kier alpha value is -4.32. The lowest BCUT2D eigenvalue weighted by Gasteiger charge is -2.18. The smallest absolute Gasteiger partial charge is 0.311 e. The molecule has 12 nitrogen and oxygen atoms in total. The van der Waals surface area contributed by atoms with E-state index in [-0.39, 0.29) is 24.1 Å². The number of benzene rings is 2. The zero-order chi connectivity index (χ0) is 26.2. The second kappa shape index (κ2) is 11.9. The Morgan fingerprint density at radius 2 is 1.58 bits per heavy atom. The number of esters is 1. The van der Waals surface area contributed by atoms with Crippen LogP contribution in [0.3, 0.4) is 0 Å². The van der Waals surface area contributed by atoms with Crippen LogP contribution in [0, 0.1) is 5.92 Å². The van der Waals surface area contributed by atoms with Crippen molar-refractivity contribution < 1.29 is 38.2 Å². The van der Waals surface area contributed by atoms with Crippen molar-refractivity contribution in [1.29, 1.82) is 0 Å². The molecule has 0 unspecified atom stereocenters. The topological polar surface area (TPSA) is 152 Å². The Morgan fingerprint density at radius 3 is 2.19 bits per heavy atom. The van der Waals surface area contributed by atoms with Gasteiger partial charge >= 0.3 is 5.97 Å². The summed E-state index contributed by atoms with van der Waals surface area (Å²) in [5.41, 5.74) is 7.18. The molecule has 0 radical (unpaired) electrons. The highest BCUT2D eigenvalue weighted by molar-refractivity contribution is 6.30. The highest BCUT2D eigenvalue weighted by Gasteiger charge is 2.37. The average Bonchev–Trinajstić information content (AvgIpc) is 3.25. The van der Waals surface area contributed by atoms with Gasteiger partial charge in [0.05, 0.1) is 26.7 Å². The summed E-state index contributed by atoms with van der Waals surface area (Å²) in [5, 5.41) is 1.46. The molecular formula is C23H23ClN4O8. The molecule has 2 aromatic rings. The zero-order valence-corrected chi connectivity index (χ0v) is 20.1.